The van der Waals surface area contributed by atoms with Crippen LogP contribution in [-0.4, -0.2) is 37.2 Å². The van der Waals surface area contributed by atoms with E-state index in [0.29, 0.717) is 19.3 Å². The fourth-order valence-electron chi connectivity index (χ4n) is 9.88. The summed E-state index contributed by atoms with van der Waals surface area (Å²) in [4.78, 5) is 38.5. The van der Waals surface area contributed by atoms with Gasteiger partial charge in [0.2, 0.25) is 0 Å². The van der Waals surface area contributed by atoms with Crippen LogP contribution in [0.5, 0.6) is 0 Å². The van der Waals surface area contributed by atoms with E-state index in [4.69, 9.17) is 14.2 Å². The van der Waals surface area contributed by atoms with Gasteiger partial charge in [0.25, 0.3) is 0 Å². The summed E-state index contributed by atoms with van der Waals surface area (Å²) in [6.07, 6.45) is 95.4. The zero-order chi connectivity index (χ0) is 59.2. The summed E-state index contributed by atoms with van der Waals surface area (Å²) in [7, 11) is 0. The molecule has 0 rings (SSSR count). The minimum Gasteiger partial charge on any atom is -0.462 e. The molecule has 0 saturated heterocycles. The number of hydrogen-bond acceptors (Lipinski definition) is 6. The molecule has 0 aromatic rings. The Morgan fingerprint density at radius 1 is 0.256 bits per heavy atom. The molecule has 0 fully saturated rings. The molecular weight excluding hydrogens is 1010 g/mol. The molecule has 0 aromatic carbocycles. The predicted molar refractivity (Wildman–Crippen MR) is 357 cm³/mol. The largest absolute Gasteiger partial charge is 0.462 e. The van der Waals surface area contributed by atoms with Crippen LogP contribution in [-0.2, 0) is 28.6 Å². The van der Waals surface area contributed by atoms with E-state index >= 15 is 0 Å². The average Bonchev–Trinajstić information content (AvgIpc) is 3.47. The zero-order valence-corrected chi connectivity index (χ0v) is 54.0. The lowest BCUT2D eigenvalue weighted by Crippen LogP contribution is -2.30. The first-order valence-electron chi connectivity index (χ1n) is 34.9. The maximum atomic E-state index is 13.0. The molecule has 0 spiro atoms. The molecule has 6 nitrogen and oxygen atoms in total. The lowest BCUT2D eigenvalue weighted by atomic mass is 10.0. The van der Waals surface area contributed by atoms with Gasteiger partial charge in [-0.1, -0.05) is 323 Å². The van der Waals surface area contributed by atoms with Crippen LogP contribution in [0.1, 0.15) is 335 Å². The van der Waals surface area contributed by atoms with E-state index in [9.17, 15) is 14.4 Å². The molecule has 1 atom stereocenters. The number of esters is 3. The number of carbonyl (C=O) groups excluding carboxylic acids is 3. The summed E-state index contributed by atoms with van der Waals surface area (Å²) in [5, 5.41) is 0. The fraction of sp³-hybridized carbons (Fsp3) is 0.724. The molecule has 0 aliphatic rings. The molecule has 470 valence electrons. The second-order valence-corrected chi connectivity index (χ2v) is 23.0. The van der Waals surface area contributed by atoms with Crippen LogP contribution in [0.3, 0.4) is 0 Å². The number of hydrogen-bond donors (Lipinski definition) is 0. The predicted octanol–water partition coefficient (Wildman–Crippen LogP) is 24.2. The van der Waals surface area contributed by atoms with Crippen LogP contribution in [0.4, 0.5) is 0 Å². The van der Waals surface area contributed by atoms with Gasteiger partial charge in [-0.15, -0.1) is 0 Å². The number of carbonyl (C=O) groups is 3. The lowest BCUT2D eigenvalue weighted by molar-refractivity contribution is -0.167. The van der Waals surface area contributed by atoms with Gasteiger partial charge in [-0.05, 0) is 103 Å². The molecule has 0 aliphatic heterocycles. The van der Waals surface area contributed by atoms with Gasteiger partial charge in [0.1, 0.15) is 13.2 Å². The number of unbranched alkanes of at least 4 members (excludes halogenated alkanes) is 34. The van der Waals surface area contributed by atoms with Gasteiger partial charge in [-0.25, -0.2) is 0 Å². The van der Waals surface area contributed by atoms with Crippen LogP contribution in [0, 0.1) is 0 Å². The van der Waals surface area contributed by atoms with Gasteiger partial charge >= 0.3 is 17.9 Å². The van der Waals surface area contributed by atoms with Crippen molar-refractivity contribution in [3.05, 3.63) is 109 Å². The van der Waals surface area contributed by atoms with Crippen LogP contribution in [0.25, 0.3) is 0 Å². The second kappa shape index (κ2) is 69.6. The van der Waals surface area contributed by atoms with Crippen molar-refractivity contribution in [1.29, 1.82) is 0 Å². The van der Waals surface area contributed by atoms with E-state index in [1.807, 2.05) is 0 Å². The molecular formula is C76H130O6. The summed E-state index contributed by atoms with van der Waals surface area (Å²) in [5.74, 6) is -0.906. The Hall–Kier alpha value is -3.93. The summed E-state index contributed by atoms with van der Waals surface area (Å²) >= 11 is 0. The first kappa shape index (κ1) is 78.1. The Bertz CT molecular complexity index is 1640. The maximum Gasteiger partial charge on any atom is 0.306 e. The molecule has 0 heterocycles. The van der Waals surface area contributed by atoms with Gasteiger partial charge in [0, 0.05) is 19.3 Å². The van der Waals surface area contributed by atoms with Gasteiger partial charge in [0.15, 0.2) is 6.10 Å². The van der Waals surface area contributed by atoms with Gasteiger partial charge < -0.3 is 14.2 Å². The van der Waals surface area contributed by atoms with Crippen molar-refractivity contribution in [2.45, 2.75) is 341 Å². The molecule has 0 radical (unpaired) electrons. The van der Waals surface area contributed by atoms with Crippen molar-refractivity contribution in [3.63, 3.8) is 0 Å². The topological polar surface area (TPSA) is 78.9 Å². The molecule has 82 heavy (non-hydrogen) atoms. The molecule has 0 saturated carbocycles. The van der Waals surface area contributed by atoms with Gasteiger partial charge in [-0.3, -0.25) is 14.4 Å². The number of ether oxygens (including phenoxy) is 3. The zero-order valence-electron chi connectivity index (χ0n) is 54.0. The van der Waals surface area contributed by atoms with Crippen molar-refractivity contribution in [2.75, 3.05) is 13.2 Å². The molecule has 1 unspecified atom stereocenters. The quantitative estimate of drug-likeness (QED) is 0.0261. The average molecular weight is 1140 g/mol. The van der Waals surface area contributed by atoms with E-state index in [2.05, 4.69) is 130 Å². The summed E-state index contributed by atoms with van der Waals surface area (Å²) in [5.41, 5.74) is 0. The van der Waals surface area contributed by atoms with E-state index in [1.165, 1.54) is 173 Å². The fourth-order valence-corrected chi connectivity index (χ4v) is 9.88. The Kier molecular flexibility index (Phi) is 66.2. The summed E-state index contributed by atoms with van der Waals surface area (Å²) in [6.45, 7) is 6.43. The van der Waals surface area contributed by atoms with E-state index < -0.39 is 6.10 Å². The van der Waals surface area contributed by atoms with Gasteiger partial charge in [-0.2, -0.15) is 0 Å². The van der Waals surface area contributed by atoms with Crippen LogP contribution in [0.2, 0.25) is 0 Å². The number of allylic oxidation sites excluding steroid dienone is 18. The summed E-state index contributed by atoms with van der Waals surface area (Å²) < 4.78 is 17.0. The smallest absolute Gasteiger partial charge is 0.306 e. The molecule has 0 bridgehead atoms. The highest BCUT2D eigenvalue weighted by Gasteiger charge is 2.19. The van der Waals surface area contributed by atoms with Crippen LogP contribution < -0.4 is 0 Å². The van der Waals surface area contributed by atoms with E-state index in [0.717, 1.165) is 122 Å². The van der Waals surface area contributed by atoms with Crippen molar-refractivity contribution in [2.24, 2.45) is 0 Å². The Labute approximate surface area is 508 Å². The highest BCUT2D eigenvalue weighted by Crippen LogP contribution is 2.17. The van der Waals surface area contributed by atoms with Crippen molar-refractivity contribution >= 4 is 17.9 Å². The third kappa shape index (κ3) is 66.9. The Morgan fingerprint density at radius 3 is 0.756 bits per heavy atom. The normalized spacial score (nSPS) is 12.8. The lowest BCUT2D eigenvalue weighted by Gasteiger charge is -2.18. The third-order valence-corrected chi connectivity index (χ3v) is 15.0. The third-order valence-electron chi connectivity index (χ3n) is 15.0. The highest BCUT2D eigenvalue weighted by molar-refractivity contribution is 5.71. The summed E-state index contributed by atoms with van der Waals surface area (Å²) in [6, 6.07) is 0. The Morgan fingerprint density at radius 2 is 0.476 bits per heavy atom. The van der Waals surface area contributed by atoms with Crippen molar-refractivity contribution in [3.8, 4) is 0 Å². The molecule has 0 amide bonds. The van der Waals surface area contributed by atoms with E-state index in [1.54, 1.807) is 0 Å². The van der Waals surface area contributed by atoms with Crippen molar-refractivity contribution in [1.82, 2.24) is 0 Å². The van der Waals surface area contributed by atoms with Crippen molar-refractivity contribution < 1.29 is 28.6 Å². The molecule has 0 aromatic heterocycles. The monoisotopic (exact) mass is 1140 g/mol. The standard InChI is InChI=1S/C76H130O6/c1-4-7-10-13-16-19-22-25-28-31-34-36-37-38-39-40-43-45-48-51-54-57-60-63-66-69-75(78)81-72-73(71-80-74(77)68-65-62-59-56-53-50-47-44-41-33-30-27-24-21-18-15-12-9-6-3)82-76(79)70-67-64-61-58-55-52-49-46-42-35-32-29-26-23-20-17-14-11-8-5-2/h7,9-10,12,16,18-19,21,25,27-28,30,34,36,41,44,50,53,73H,4-6,8,11,13-15,17,20,22-24,26,29,31-33,35,37-40,42-43,45-49,51-52,54-72H2,1-3H3/b10-7-,12-9-,19-16-,21-18-,28-25-,30-27-,36-34-,44-41-,53-50-. The maximum absolute atomic E-state index is 13.0. The second-order valence-electron chi connectivity index (χ2n) is 23.0. The molecule has 0 N–H and O–H groups in total. The highest BCUT2D eigenvalue weighted by atomic mass is 16.6. The minimum absolute atomic E-state index is 0.0877. The SMILES string of the molecule is CC/C=C\C/C=C\C/C=C\C/C=C\C/C=C\CCCCCC(=O)OCC(COC(=O)CCCCCCCCCCCCCC/C=C\C/C=C\C/C=C\C/C=C\CC)OC(=O)CCCCCCCCCCCCCCCCCCCCCC. The molecule has 6 heteroatoms. The van der Waals surface area contributed by atoms with E-state index in [-0.39, 0.29) is 31.1 Å². The van der Waals surface area contributed by atoms with Crippen LogP contribution in [0.15, 0.2) is 109 Å². The first-order chi connectivity index (χ1) is 40.5. The minimum atomic E-state index is -0.795. The molecule has 0 aliphatic carbocycles. The van der Waals surface area contributed by atoms with Gasteiger partial charge in [0.05, 0.1) is 0 Å². The number of rotatable bonds is 63. The van der Waals surface area contributed by atoms with Crippen LogP contribution >= 0.6 is 0 Å². The first-order valence-corrected chi connectivity index (χ1v) is 34.9. The Balaban J connectivity index is 4.39.